The Labute approximate surface area is 154 Å². The van der Waals surface area contributed by atoms with Crippen molar-refractivity contribution in [3.63, 3.8) is 0 Å². The van der Waals surface area contributed by atoms with E-state index in [-0.39, 0.29) is 5.91 Å². The molecule has 7 heteroatoms. The quantitative estimate of drug-likeness (QED) is 0.558. The van der Waals surface area contributed by atoms with Gasteiger partial charge in [-0.15, -0.1) is 11.8 Å². The van der Waals surface area contributed by atoms with Gasteiger partial charge in [0.2, 0.25) is 5.91 Å². The number of hydrogen-bond donors (Lipinski definition) is 1. The zero-order valence-electron chi connectivity index (χ0n) is 11.9. The number of amides is 1. The van der Waals surface area contributed by atoms with Crippen LogP contribution in [0.4, 0.5) is 0 Å². The molecule has 120 valence electrons. The van der Waals surface area contributed by atoms with Crippen molar-refractivity contribution < 1.29 is 4.79 Å². The molecule has 2 aromatic rings. The second kappa shape index (κ2) is 9.18. The van der Waals surface area contributed by atoms with Gasteiger partial charge in [0.05, 0.1) is 22.0 Å². The molecule has 2 aromatic carbocycles. The Morgan fingerprint density at radius 2 is 1.96 bits per heavy atom. The van der Waals surface area contributed by atoms with Crippen LogP contribution in [0.2, 0.25) is 15.1 Å². The van der Waals surface area contributed by atoms with Gasteiger partial charge in [0.15, 0.2) is 0 Å². The number of nitrogens with one attached hydrogen (secondary N) is 1. The molecule has 0 aromatic heterocycles. The van der Waals surface area contributed by atoms with Crippen LogP contribution in [0.1, 0.15) is 11.1 Å². The predicted molar refractivity (Wildman–Crippen MR) is 99.8 cm³/mol. The van der Waals surface area contributed by atoms with Crippen LogP contribution in [-0.2, 0) is 10.5 Å². The molecule has 0 heterocycles. The number of rotatable bonds is 6. The molecular weight excluding hydrogens is 375 g/mol. The second-order valence-electron chi connectivity index (χ2n) is 4.59. The first kappa shape index (κ1) is 18.1. The Morgan fingerprint density at radius 3 is 2.70 bits per heavy atom. The number of nitrogens with zero attached hydrogens (tertiary/aromatic N) is 1. The number of halogens is 3. The van der Waals surface area contributed by atoms with Gasteiger partial charge in [-0.25, -0.2) is 5.43 Å². The molecule has 0 unspecified atom stereocenters. The smallest absolute Gasteiger partial charge is 0.250 e. The van der Waals surface area contributed by atoms with Gasteiger partial charge in [-0.2, -0.15) is 5.10 Å². The van der Waals surface area contributed by atoms with Gasteiger partial charge >= 0.3 is 0 Å². The molecule has 0 atom stereocenters. The van der Waals surface area contributed by atoms with Crippen molar-refractivity contribution in [2.24, 2.45) is 5.10 Å². The van der Waals surface area contributed by atoms with Gasteiger partial charge in [-0.3, -0.25) is 4.79 Å². The molecule has 0 saturated heterocycles. The summed E-state index contributed by atoms with van der Waals surface area (Å²) in [4.78, 5) is 11.7. The normalized spacial score (nSPS) is 10.9. The van der Waals surface area contributed by atoms with Crippen molar-refractivity contribution in [1.29, 1.82) is 0 Å². The molecule has 0 aliphatic heterocycles. The van der Waals surface area contributed by atoms with Gasteiger partial charge in [0, 0.05) is 10.8 Å². The molecular formula is C16H13Cl3N2OS. The maximum Gasteiger partial charge on any atom is 0.250 e. The fourth-order valence-corrected chi connectivity index (χ4v) is 2.98. The predicted octanol–water partition coefficient (Wildman–Crippen LogP) is 5.03. The molecule has 23 heavy (non-hydrogen) atoms. The lowest BCUT2D eigenvalue weighted by Gasteiger charge is -2.02. The first-order chi connectivity index (χ1) is 11.0. The van der Waals surface area contributed by atoms with Crippen molar-refractivity contribution in [1.82, 2.24) is 5.43 Å². The van der Waals surface area contributed by atoms with E-state index in [1.54, 1.807) is 18.2 Å². The van der Waals surface area contributed by atoms with E-state index >= 15 is 0 Å². The molecule has 3 nitrogen and oxygen atoms in total. The van der Waals surface area contributed by atoms with Crippen molar-refractivity contribution in [3.8, 4) is 0 Å². The summed E-state index contributed by atoms with van der Waals surface area (Å²) >= 11 is 19.1. The summed E-state index contributed by atoms with van der Waals surface area (Å²) in [6.07, 6.45) is 1.52. The van der Waals surface area contributed by atoms with Crippen LogP contribution < -0.4 is 5.43 Å². The minimum atomic E-state index is -0.173. The number of benzene rings is 2. The zero-order valence-corrected chi connectivity index (χ0v) is 15.0. The van der Waals surface area contributed by atoms with Crippen LogP contribution in [-0.4, -0.2) is 17.9 Å². The minimum absolute atomic E-state index is 0.173. The Bertz CT molecular complexity index is 722. The zero-order chi connectivity index (χ0) is 16.7. The summed E-state index contributed by atoms with van der Waals surface area (Å²) in [6.45, 7) is 0. The third-order valence-corrected chi connectivity index (χ3v) is 4.72. The first-order valence-electron chi connectivity index (χ1n) is 6.64. The van der Waals surface area contributed by atoms with E-state index in [0.717, 1.165) is 11.1 Å². The van der Waals surface area contributed by atoms with E-state index in [1.165, 1.54) is 18.0 Å². The Kier molecular flexibility index (Phi) is 7.24. The molecule has 1 N–H and O–H groups in total. The average Bonchev–Trinajstić information content (AvgIpc) is 2.51. The van der Waals surface area contributed by atoms with Crippen molar-refractivity contribution in [3.05, 3.63) is 68.7 Å². The molecule has 0 aliphatic rings. The molecule has 2 rings (SSSR count). The molecule has 0 fully saturated rings. The van der Waals surface area contributed by atoms with Crippen LogP contribution in [0.3, 0.4) is 0 Å². The summed E-state index contributed by atoms with van der Waals surface area (Å²) in [6, 6.07) is 12.7. The van der Waals surface area contributed by atoms with Gasteiger partial charge < -0.3 is 0 Å². The third kappa shape index (κ3) is 6.43. The average molecular weight is 388 g/mol. The van der Waals surface area contributed by atoms with Crippen molar-refractivity contribution in [2.75, 3.05) is 5.75 Å². The lowest BCUT2D eigenvalue weighted by molar-refractivity contribution is -0.118. The van der Waals surface area contributed by atoms with E-state index in [2.05, 4.69) is 10.5 Å². The van der Waals surface area contributed by atoms with Gasteiger partial charge in [-0.05, 0) is 35.4 Å². The summed E-state index contributed by atoms with van der Waals surface area (Å²) in [5, 5.41) is 5.51. The standard InChI is InChI=1S/C16H13Cl3N2OS/c17-13-3-1-2-12(6-13)9-23-10-16(22)21-20-8-11-4-5-14(18)15(19)7-11/h1-8H,9-10H2,(H,21,22)/b20-8-. The van der Waals surface area contributed by atoms with E-state index < -0.39 is 0 Å². The SMILES string of the molecule is O=C(CSCc1cccc(Cl)c1)N/N=C\c1ccc(Cl)c(Cl)c1. The maximum atomic E-state index is 11.7. The summed E-state index contributed by atoms with van der Waals surface area (Å²) in [7, 11) is 0. The number of carbonyl (C=O) groups is 1. The number of hydrogen-bond acceptors (Lipinski definition) is 3. The topological polar surface area (TPSA) is 41.5 Å². The van der Waals surface area contributed by atoms with E-state index in [4.69, 9.17) is 34.8 Å². The molecule has 0 spiro atoms. The Morgan fingerprint density at radius 1 is 1.13 bits per heavy atom. The van der Waals surface area contributed by atoms with Gasteiger partial charge in [0.1, 0.15) is 0 Å². The third-order valence-electron chi connectivity index (χ3n) is 2.74. The Hall–Kier alpha value is -1.20. The minimum Gasteiger partial charge on any atom is -0.272 e. The lowest BCUT2D eigenvalue weighted by atomic mass is 10.2. The number of carbonyl (C=O) groups excluding carboxylic acids is 1. The number of hydrazone groups is 1. The highest BCUT2D eigenvalue weighted by atomic mass is 35.5. The summed E-state index contributed by atoms with van der Waals surface area (Å²) < 4.78 is 0. The van der Waals surface area contributed by atoms with E-state index in [9.17, 15) is 4.79 Å². The van der Waals surface area contributed by atoms with Gasteiger partial charge in [0.25, 0.3) is 0 Å². The monoisotopic (exact) mass is 386 g/mol. The van der Waals surface area contributed by atoms with Crippen LogP contribution >= 0.6 is 46.6 Å². The fourth-order valence-electron chi connectivity index (χ4n) is 1.69. The molecule has 1 amide bonds. The van der Waals surface area contributed by atoms with E-state index in [1.807, 2.05) is 24.3 Å². The lowest BCUT2D eigenvalue weighted by Crippen LogP contribution is -2.19. The molecule has 0 saturated carbocycles. The van der Waals surface area contributed by atoms with Crippen molar-refractivity contribution in [2.45, 2.75) is 5.75 Å². The molecule has 0 bridgehead atoms. The van der Waals surface area contributed by atoms with Crippen LogP contribution in [0.25, 0.3) is 0 Å². The summed E-state index contributed by atoms with van der Waals surface area (Å²) in [5.74, 6) is 0.851. The number of thioether (sulfide) groups is 1. The molecule has 0 aliphatic carbocycles. The van der Waals surface area contributed by atoms with Crippen LogP contribution in [0, 0.1) is 0 Å². The van der Waals surface area contributed by atoms with Crippen LogP contribution in [0.15, 0.2) is 47.6 Å². The molecule has 0 radical (unpaired) electrons. The largest absolute Gasteiger partial charge is 0.272 e. The Balaban J connectivity index is 1.74. The van der Waals surface area contributed by atoms with E-state index in [0.29, 0.717) is 26.6 Å². The highest BCUT2D eigenvalue weighted by Crippen LogP contribution is 2.21. The van der Waals surface area contributed by atoms with Gasteiger partial charge in [-0.1, -0.05) is 53.0 Å². The van der Waals surface area contributed by atoms with Crippen molar-refractivity contribution >= 4 is 58.7 Å². The summed E-state index contributed by atoms with van der Waals surface area (Å²) in [5.41, 5.74) is 4.30. The fraction of sp³-hybridized carbons (Fsp3) is 0.125. The second-order valence-corrected chi connectivity index (χ2v) is 6.83. The highest BCUT2D eigenvalue weighted by molar-refractivity contribution is 7.99. The van der Waals surface area contributed by atoms with Crippen LogP contribution in [0.5, 0.6) is 0 Å². The maximum absolute atomic E-state index is 11.7. The highest BCUT2D eigenvalue weighted by Gasteiger charge is 2.02. The first-order valence-corrected chi connectivity index (χ1v) is 8.92.